The first-order chi connectivity index (χ1) is 16.4. The SMILES string of the molecule is CC(C)NC(=O)[C@@H](C)N(CCc1ccccc1)C(=O)CCCN(c1cc(Cl)ccc1Cl)S(C)(=O)=O. The molecule has 2 amide bonds. The van der Waals surface area contributed by atoms with E-state index in [0.717, 1.165) is 16.1 Å². The zero-order valence-electron chi connectivity index (χ0n) is 20.5. The van der Waals surface area contributed by atoms with Crippen LogP contribution < -0.4 is 9.62 Å². The molecule has 0 saturated carbocycles. The van der Waals surface area contributed by atoms with Gasteiger partial charge in [-0.25, -0.2) is 8.42 Å². The van der Waals surface area contributed by atoms with E-state index in [9.17, 15) is 18.0 Å². The molecule has 2 aromatic rings. The maximum atomic E-state index is 13.2. The first kappa shape index (κ1) is 28.9. The summed E-state index contributed by atoms with van der Waals surface area (Å²) in [6, 6.07) is 13.6. The van der Waals surface area contributed by atoms with Crippen LogP contribution in [0.25, 0.3) is 0 Å². The highest BCUT2D eigenvalue weighted by atomic mass is 35.5. The summed E-state index contributed by atoms with van der Waals surface area (Å²) in [4.78, 5) is 27.4. The van der Waals surface area contributed by atoms with Crippen LogP contribution >= 0.6 is 23.2 Å². The Kier molecular flexibility index (Phi) is 10.9. The Morgan fingerprint density at radius 1 is 1.00 bits per heavy atom. The number of rotatable bonds is 12. The summed E-state index contributed by atoms with van der Waals surface area (Å²) in [5, 5.41) is 3.45. The van der Waals surface area contributed by atoms with Gasteiger partial charge in [0.2, 0.25) is 21.8 Å². The molecule has 0 spiro atoms. The van der Waals surface area contributed by atoms with Gasteiger partial charge in [0.05, 0.1) is 17.0 Å². The number of hydrogen-bond donors (Lipinski definition) is 1. The van der Waals surface area contributed by atoms with E-state index >= 15 is 0 Å². The molecule has 0 heterocycles. The lowest BCUT2D eigenvalue weighted by atomic mass is 10.1. The molecule has 1 N–H and O–H groups in total. The fourth-order valence-electron chi connectivity index (χ4n) is 3.63. The van der Waals surface area contributed by atoms with Gasteiger partial charge >= 0.3 is 0 Å². The average Bonchev–Trinajstić information content (AvgIpc) is 2.78. The van der Waals surface area contributed by atoms with Crippen LogP contribution in [0.1, 0.15) is 39.2 Å². The van der Waals surface area contributed by atoms with Crippen molar-refractivity contribution in [2.75, 3.05) is 23.7 Å². The molecular weight excluding hydrogens is 509 g/mol. The Labute approximate surface area is 218 Å². The highest BCUT2D eigenvalue weighted by molar-refractivity contribution is 7.92. The number of carbonyl (C=O) groups excluding carboxylic acids is 2. The second kappa shape index (κ2) is 13.1. The topological polar surface area (TPSA) is 86.8 Å². The first-order valence-corrected chi connectivity index (χ1v) is 14.1. The number of amides is 2. The van der Waals surface area contributed by atoms with Crippen LogP contribution in [0.15, 0.2) is 48.5 Å². The van der Waals surface area contributed by atoms with Crippen molar-refractivity contribution in [1.82, 2.24) is 10.2 Å². The van der Waals surface area contributed by atoms with E-state index in [1.165, 1.54) is 12.1 Å². The van der Waals surface area contributed by atoms with Gasteiger partial charge < -0.3 is 10.2 Å². The maximum absolute atomic E-state index is 13.2. The summed E-state index contributed by atoms with van der Waals surface area (Å²) in [7, 11) is -3.66. The maximum Gasteiger partial charge on any atom is 0.242 e. The molecular formula is C25H33Cl2N3O4S. The van der Waals surface area contributed by atoms with Crippen molar-refractivity contribution in [3.8, 4) is 0 Å². The molecule has 0 bridgehead atoms. The molecule has 7 nitrogen and oxygen atoms in total. The number of carbonyl (C=O) groups is 2. The molecule has 2 rings (SSSR count). The summed E-state index contributed by atoms with van der Waals surface area (Å²) >= 11 is 12.3. The minimum Gasteiger partial charge on any atom is -0.352 e. The van der Waals surface area contributed by atoms with Gasteiger partial charge in [-0.1, -0.05) is 53.5 Å². The van der Waals surface area contributed by atoms with Crippen molar-refractivity contribution in [1.29, 1.82) is 0 Å². The van der Waals surface area contributed by atoms with Crippen molar-refractivity contribution in [3.63, 3.8) is 0 Å². The lowest BCUT2D eigenvalue weighted by molar-refractivity contribution is -0.140. The van der Waals surface area contributed by atoms with Crippen molar-refractivity contribution < 1.29 is 18.0 Å². The third-order valence-electron chi connectivity index (χ3n) is 5.41. The number of benzene rings is 2. The molecule has 0 saturated heterocycles. The van der Waals surface area contributed by atoms with E-state index in [2.05, 4.69) is 5.32 Å². The summed E-state index contributed by atoms with van der Waals surface area (Å²) in [6.45, 7) is 5.84. The lowest BCUT2D eigenvalue weighted by Gasteiger charge is -2.30. The average molecular weight is 543 g/mol. The van der Waals surface area contributed by atoms with Gasteiger partial charge in [-0.05, 0) is 57.4 Å². The summed E-state index contributed by atoms with van der Waals surface area (Å²) in [5.41, 5.74) is 1.32. The van der Waals surface area contributed by atoms with Crippen LogP contribution in [0.3, 0.4) is 0 Å². The molecule has 10 heteroatoms. The van der Waals surface area contributed by atoms with E-state index in [-0.39, 0.29) is 48.0 Å². The zero-order chi connectivity index (χ0) is 26.2. The number of sulfonamides is 1. The van der Waals surface area contributed by atoms with E-state index in [0.29, 0.717) is 18.0 Å². The van der Waals surface area contributed by atoms with Crippen molar-refractivity contribution >= 4 is 50.7 Å². The van der Waals surface area contributed by atoms with E-state index < -0.39 is 16.1 Å². The Hall–Kier alpha value is -2.29. The van der Waals surface area contributed by atoms with Gasteiger partial charge in [0.15, 0.2) is 0 Å². The van der Waals surface area contributed by atoms with Crippen LogP contribution in [0.5, 0.6) is 0 Å². The Balaban J connectivity index is 2.14. The van der Waals surface area contributed by atoms with Gasteiger partial charge in [-0.2, -0.15) is 0 Å². The standard InChI is InChI=1S/C25H33Cl2N3O4S/c1-18(2)28-25(32)19(3)29(16-14-20-9-6-5-7-10-20)24(31)11-8-15-30(35(4,33)34)23-17-21(26)12-13-22(23)27/h5-7,9-10,12-13,17-19H,8,11,14-16H2,1-4H3,(H,28,32)/t19-/m1/s1. The van der Waals surface area contributed by atoms with Gasteiger partial charge in [0, 0.05) is 30.6 Å². The number of anilines is 1. The molecule has 0 radical (unpaired) electrons. The Bertz CT molecular complexity index is 1110. The molecule has 0 aliphatic rings. The van der Waals surface area contributed by atoms with E-state index in [4.69, 9.17) is 23.2 Å². The summed E-state index contributed by atoms with van der Waals surface area (Å²) < 4.78 is 26.0. The second-order valence-electron chi connectivity index (χ2n) is 8.70. The van der Waals surface area contributed by atoms with Crippen LogP contribution in [0.4, 0.5) is 5.69 Å². The van der Waals surface area contributed by atoms with Gasteiger partial charge in [0.25, 0.3) is 0 Å². The molecule has 35 heavy (non-hydrogen) atoms. The largest absolute Gasteiger partial charge is 0.352 e. The molecule has 1 atom stereocenters. The Morgan fingerprint density at radius 2 is 1.66 bits per heavy atom. The number of nitrogens with zero attached hydrogens (tertiary/aromatic N) is 2. The number of hydrogen-bond acceptors (Lipinski definition) is 4. The van der Waals surface area contributed by atoms with Crippen LogP contribution in [0.2, 0.25) is 10.0 Å². The van der Waals surface area contributed by atoms with Gasteiger partial charge in [0.1, 0.15) is 6.04 Å². The summed E-state index contributed by atoms with van der Waals surface area (Å²) in [6.07, 6.45) is 1.99. The highest BCUT2D eigenvalue weighted by Gasteiger charge is 2.27. The predicted octanol–water partition coefficient (Wildman–Crippen LogP) is 4.52. The fourth-order valence-corrected chi connectivity index (χ4v) is 5.04. The molecule has 192 valence electrons. The van der Waals surface area contributed by atoms with Crippen LogP contribution in [-0.2, 0) is 26.0 Å². The van der Waals surface area contributed by atoms with Crippen molar-refractivity contribution in [3.05, 3.63) is 64.1 Å². The summed E-state index contributed by atoms with van der Waals surface area (Å²) in [5.74, 6) is -0.456. The normalized spacial score (nSPS) is 12.3. The van der Waals surface area contributed by atoms with Gasteiger partial charge in [-0.3, -0.25) is 13.9 Å². The number of nitrogens with one attached hydrogen (secondary N) is 1. The second-order valence-corrected chi connectivity index (χ2v) is 11.4. The highest BCUT2D eigenvalue weighted by Crippen LogP contribution is 2.31. The molecule has 0 aliphatic heterocycles. The first-order valence-electron chi connectivity index (χ1n) is 11.5. The molecule has 0 unspecified atom stereocenters. The monoisotopic (exact) mass is 541 g/mol. The molecule has 0 aliphatic carbocycles. The third kappa shape index (κ3) is 9.02. The minimum absolute atomic E-state index is 0.0454. The zero-order valence-corrected chi connectivity index (χ0v) is 22.8. The van der Waals surface area contributed by atoms with Crippen molar-refractivity contribution in [2.24, 2.45) is 0 Å². The predicted molar refractivity (Wildman–Crippen MR) is 142 cm³/mol. The van der Waals surface area contributed by atoms with Crippen LogP contribution in [0, 0.1) is 0 Å². The quantitative estimate of drug-likeness (QED) is 0.427. The smallest absolute Gasteiger partial charge is 0.242 e. The third-order valence-corrected chi connectivity index (χ3v) is 7.15. The minimum atomic E-state index is -3.66. The van der Waals surface area contributed by atoms with Crippen molar-refractivity contribution in [2.45, 2.75) is 52.1 Å². The molecule has 0 fully saturated rings. The van der Waals surface area contributed by atoms with E-state index in [1.54, 1.807) is 17.9 Å². The lowest BCUT2D eigenvalue weighted by Crippen LogP contribution is -2.50. The van der Waals surface area contributed by atoms with E-state index in [1.807, 2.05) is 44.2 Å². The molecule has 0 aromatic heterocycles. The Morgan fingerprint density at radius 3 is 2.26 bits per heavy atom. The number of halogens is 2. The fraction of sp³-hybridized carbons (Fsp3) is 0.440. The van der Waals surface area contributed by atoms with Gasteiger partial charge in [-0.15, -0.1) is 0 Å². The molecule has 2 aromatic carbocycles. The van der Waals surface area contributed by atoms with Crippen LogP contribution in [-0.4, -0.2) is 56.6 Å².